The number of unbranched alkanes of at least 4 members (excludes halogenated alkanes) is 1. The van der Waals surface area contributed by atoms with Crippen molar-refractivity contribution in [2.45, 2.75) is 51.1 Å². The van der Waals surface area contributed by atoms with E-state index in [0.717, 1.165) is 49.3 Å². The zero-order valence-corrected chi connectivity index (χ0v) is 17.2. The van der Waals surface area contributed by atoms with Crippen molar-refractivity contribution in [2.75, 3.05) is 14.1 Å². The quantitative estimate of drug-likeness (QED) is 0.592. The van der Waals surface area contributed by atoms with Crippen LogP contribution in [0.25, 0.3) is 22.4 Å². The fourth-order valence-corrected chi connectivity index (χ4v) is 4.00. The van der Waals surface area contributed by atoms with Gasteiger partial charge < -0.3 is 4.57 Å². The average Bonchev–Trinajstić information content (AvgIpc) is 3.23. The van der Waals surface area contributed by atoms with Crippen molar-refractivity contribution in [3.05, 3.63) is 30.6 Å². The maximum Gasteiger partial charge on any atom is 0.242 e. The molecule has 0 radical (unpaired) electrons. The summed E-state index contributed by atoms with van der Waals surface area (Å²) >= 11 is 0. The SMILES string of the molecule is CCCCn1c(-c2cnn(CCC)c2)nc2cc(S(=O)(=O)N(C)C)ccc21. The minimum absolute atomic E-state index is 0.258. The molecule has 2 heterocycles. The topological polar surface area (TPSA) is 73.0 Å². The molecule has 0 amide bonds. The molecule has 0 aliphatic carbocycles. The molecule has 2 aromatic heterocycles. The number of benzene rings is 1. The van der Waals surface area contributed by atoms with Gasteiger partial charge >= 0.3 is 0 Å². The fraction of sp³-hybridized carbons (Fsp3) is 0.474. The smallest absolute Gasteiger partial charge is 0.242 e. The summed E-state index contributed by atoms with van der Waals surface area (Å²) in [6.07, 6.45) is 6.95. The van der Waals surface area contributed by atoms with Gasteiger partial charge in [-0.2, -0.15) is 5.10 Å². The van der Waals surface area contributed by atoms with Crippen molar-refractivity contribution in [2.24, 2.45) is 0 Å². The molecule has 7 nitrogen and oxygen atoms in total. The lowest BCUT2D eigenvalue weighted by molar-refractivity contribution is 0.521. The normalized spacial score (nSPS) is 12.3. The van der Waals surface area contributed by atoms with E-state index in [0.29, 0.717) is 5.52 Å². The van der Waals surface area contributed by atoms with E-state index in [1.165, 1.54) is 18.4 Å². The molecule has 27 heavy (non-hydrogen) atoms. The van der Waals surface area contributed by atoms with Crippen LogP contribution in [0.15, 0.2) is 35.5 Å². The van der Waals surface area contributed by atoms with Crippen molar-refractivity contribution in [3.63, 3.8) is 0 Å². The minimum atomic E-state index is -3.49. The van der Waals surface area contributed by atoms with E-state index < -0.39 is 10.0 Å². The van der Waals surface area contributed by atoms with E-state index in [-0.39, 0.29) is 4.90 Å². The number of aryl methyl sites for hydroxylation is 2. The van der Waals surface area contributed by atoms with Crippen LogP contribution in [0.1, 0.15) is 33.1 Å². The van der Waals surface area contributed by atoms with Gasteiger partial charge in [0.2, 0.25) is 10.0 Å². The predicted octanol–water partition coefficient (Wildman–Crippen LogP) is 3.36. The van der Waals surface area contributed by atoms with Gasteiger partial charge in [0.1, 0.15) is 5.82 Å². The zero-order valence-electron chi connectivity index (χ0n) is 16.4. The molecule has 1 aromatic carbocycles. The Bertz CT molecular complexity index is 1030. The number of aromatic nitrogens is 4. The number of rotatable bonds is 8. The lowest BCUT2D eigenvalue weighted by Gasteiger charge is -2.11. The molecule has 0 unspecified atom stereocenters. The Balaban J connectivity index is 2.13. The molecular formula is C19H27N5O2S. The maximum absolute atomic E-state index is 12.5. The van der Waals surface area contributed by atoms with Crippen molar-refractivity contribution < 1.29 is 8.42 Å². The first-order chi connectivity index (χ1) is 12.9. The van der Waals surface area contributed by atoms with E-state index in [1.54, 1.807) is 12.1 Å². The Hall–Kier alpha value is -2.19. The number of hydrogen-bond acceptors (Lipinski definition) is 4. The Morgan fingerprint density at radius 1 is 1.11 bits per heavy atom. The Kier molecular flexibility index (Phi) is 5.67. The first kappa shape index (κ1) is 19.6. The fourth-order valence-electron chi connectivity index (χ4n) is 3.07. The molecule has 0 bridgehead atoms. The van der Waals surface area contributed by atoms with Crippen LogP contribution in [0.4, 0.5) is 0 Å². The van der Waals surface area contributed by atoms with Crippen LogP contribution in [0, 0.1) is 0 Å². The monoisotopic (exact) mass is 389 g/mol. The van der Waals surface area contributed by atoms with Crippen molar-refractivity contribution in [1.29, 1.82) is 0 Å². The van der Waals surface area contributed by atoms with Crippen molar-refractivity contribution >= 4 is 21.1 Å². The van der Waals surface area contributed by atoms with Crippen LogP contribution < -0.4 is 0 Å². The third kappa shape index (κ3) is 3.77. The number of nitrogens with zero attached hydrogens (tertiary/aromatic N) is 5. The molecular weight excluding hydrogens is 362 g/mol. The third-order valence-corrected chi connectivity index (χ3v) is 6.39. The molecule has 0 saturated heterocycles. The van der Waals surface area contributed by atoms with Gasteiger partial charge in [-0.1, -0.05) is 20.3 Å². The van der Waals surface area contributed by atoms with Crippen LogP contribution in [0.2, 0.25) is 0 Å². The lowest BCUT2D eigenvalue weighted by atomic mass is 10.3. The number of fused-ring (bicyclic) bond motifs is 1. The van der Waals surface area contributed by atoms with Gasteiger partial charge in [-0.15, -0.1) is 0 Å². The molecule has 3 aromatic rings. The Morgan fingerprint density at radius 3 is 2.56 bits per heavy atom. The number of sulfonamides is 1. The van der Waals surface area contributed by atoms with Gasteiger partial charge in [-0.25, -0.2) is 17.7 Å². The summed E-state index contributed by atoms with van der Waals surface area (Å²) in [5, 5.41) is 4.41. The van der Waals surface area contributed by atoms with Crippen LogP contribution in [-0.4, -0.2) is 46.1 Å². The molecule has 146 valence electrons. The molecule has 0 fully saturated rings. The van der Waals surface area contributed by atoms with E-state index in [1.807, 2.05) is 23.1 Å². The first-order valence-electron chi connectivity index (χ1n) is 9.34. The predicted molar refractivity (Wildman–Crippen MR) is 107 cm³/mol. The zero-order chi connectivity index (χ0) is 19.6. The second-order valence-corrected chi connectivity index (χ2v) is 9.02. The summed E-state index contributed by atoms with van der Waals surface area (Å²) in [4.78, 5) is 5.03. The van der Waals surface area contributed by atoms with Crippen molar-refractivity contribution in [1.82, 2.24) is 23.6 Å². The first-order valence-corrected chi connectivity index (χ1v) is 10.8. The van der Waals surface area contributed by atoms with Gasteiger partial charge in [0.15, 0.2) is 0 Å². The largest absolute Gasteiger partial charge is 0.324 e. The highest BCUT2D eigenvalue weighted by Gasteiger charge is 2.20. The summed E-state index contributed by atoms with van der Waals surface area (Å²) < 4.78 is 30.2. The summed E-state index contributed by atoms with van der Waals surface area (Å²) in [6.45, 7) is 5.96. The molecule has 0 saturated carbocycles. The molecule has 3 rings (SSSR count). The second kappa shape index (κ2) is 7.82. The maximum atomic E-state index is 12.5. The van der Waals surface area contributed by atoms with Gasteiger partial charge in [-0.05, 0) is 31.0 Å². The standard InChI is InChI=1S/C19H27N5O2S/c1-5-7-11-24-18-9-8-16(27(25,26)22(3)4)12-17(18)21-19(24)15-13-20-23(14-15)10-6-2/h8-9,12-14H,5-7,10-11H2,1-4H3. The molecule has 0 spiro atoms. The molecule has 0 aliphatic rings. The number of imidazole rings is 1. The summed E-state index contributed by atoms with van der Waals surface area (Å²) in [7, 11) is -0.420. The number of hydrogen-bond donors (Lipinski definition) is 0. The molecule has 0 aliphatic heterocycles. The summed E-state index contributed by atoms with van der Waals surface area (Å²) in [5.74, 6) is 0.834. The van der Waals surface area contributed by atoms with Crippen LogP contribution in [0.5, 0.6) is 0 Å². The van der Waals surface area contributed by atoms with E-state index in [9.17, 15) is 8.42 Å². The molecule has 8 heteroatoms. The Morgan fingerprint density at radius 2 is 1.89 bits per heavy atom. The van der Waals surface area contributed by atoms with Gasteiger partial charge in [0.25, 0.3) is 0 Å². The van der Waals surface area contributed by atoms with Gasteiger partial charge in [0.05, 0.1) is 27.7 Å². The summed E-state index contributed by atoms with van der Waals surface area (Å²) in [5.41, 5.74) is 2.58. The van der Waals surface area contributed by atoms with Crippen molar-refractivity contribution in [3.8, 4) is 11.4 Å². The van der Waals surface area contributed by atoms with Gasteiger partial charge in [-0.3, -0.25) is 4.68 Å². The highest BCUT2D eigenvalue weighted by Crippen LogP contribution is 2.27. The highest BCUT2D eigenvalue weighted by molar-refractivity contribution is 7.89. The van der Waals surface area contributed by atoms with Gasteiger partial charge in [0, 0.05) is 33.4 Å². The molecule has 0 atom stereocenters. The van der Waals surface area contributed by atoms with Crippen LogP contribution in [0.3, 0.4) is 0 Å². The van der Waals surface area contributed by atoms with Crippen LogP contribution in [-0.2, 0) is 23.1 Å². The Labute approximate surface area is 160 Å². The molecule has 0 N–H and O–H groups in total. The van der Waals surface area contributed by atoms with E-state index >= 15 is 0 Å². The minimum Gasteiger partial charge on any atom is -0.324 e. The average molecular weight is 390 g/mol. The second-order valence-electron chi connectivity index (χ2n) is 6.87. The van der Waals surface area contributed by atoms with E-state index in [2.05, 4.69) is 23.5 Å². The third-order valence-electron chi connectivity index (χ3n) is 4.58. The van der Waals surface area contributed by atoms with Crippen LogP contribution >= 0.6 is 0 Å². The van der Waals surface area contributed by atoms with E-state index in [4.69, 9.17) is 4.98 Å². The highest BCUT2D eigenvalue weighted by atomic mass is 32.2. The summed E-state index contributed by atoms with van der Waals surface area (Å²) in [6, 6.07) is 5.17. The lowest BCUT2D eigenvalue weighted by Crippen LogP contribution is -2.22.